The van der Waals surface area contributed by atoms with Crippen molar-refractivity contribution in [2.24, 2.45) is 0 Å². The third-order valence-electron chi connectivity index (χ3n) is 3.88. The van der Waals surface area contributed by atoms with Gasteiger partial charge in [-0.15, -0.1) is 21.5 Å². The van der Waals surface area contributed by atoms with E-state index >= 15 is 0 Å². The lowest BCUT2D eigenvalue weighted by molar-refractivity contribution is 0.576. The number of hydrogen-bond acceptors (Lipinski definition) is 5. The molecule has 0 fully saturated rings. The topological polar surface area (TPSA) is 43.6 Å². The van der Waals surface area contributed by atoms with Gasteiger partial charge in [-0.3, -0.25) is 9.55 Å². The monoisotopic (exact) mass is 400 g/mol. The third-order valence-corrected chi connectivity index (χ3v) is 5.75. The Bertz CT molecular complexity index is 1030. The quantitative estimate of drug-likeness (QED) is 0.426. The molecule has 0 aliphatic heterocycles. The van der Waals surface area contributed by atoms with Crippen LogP contribution in [0.3, 0.4) is 0 Å². The van der Waals surface area contributed by atoms with Crippen molar-refractivity contribution in [3.8, 4) is 11.5 Å². The zero-order valence-electron chi connectivity index (χ0n) is 14.0. The highest BCUT2D eigenvalue weighted by Crippen LogP contribution is 2.28. The molecule has 4 aromatic rings. The van der Waals surface area contributed by atoms with Gasteiger partial charge in [0.15, 0.2) is 11.0 Å². The van der Waals surface area contributed by atoms with E-state index in [9.17, 15) is 8.78 Å². The number of aromatic nitrogens is 4. The maximum atomic E-state index is 13.9. The van der Waals surface area contributed by atoms with Crippen LogP contribution < -0.4 is 0 Å². The second-order valence-corrected chi connectivity index (χ2v) is 7.69. The summed E-state index contributed by atoms with van der Waals surface area (Å²) in [5.74, 6) is -0.154. The summed E-state index contributed by atoms with van der Waals surface area (Å²) in [7, 11) is 0. The molecule has 1 aromatic carbocycles. The highest BCUT2D eigenvalue weighted by atomic mass is 32.2. The zero-order valence-corrected chi connectivity index (χ0v) is 15.7. The van der Waals surface area contributed by atoms with E-state index < -0.39 is 11.6 Å². The van der Waals surface area contributed by atoms with Crippen molar-refractivity contribution in [2.45, 2.75) is 17.5 Å². The largest absolute Gasteiger partial charge is 0.295 e. The molecule has 0 atom stereocenters. The fourth-order valence-corrected chi connectivity index (χ4v) is 4.18. The van der Waals surface area contributed by atoms with Gasteiger partial charge in [0.1, 0.15) is 17.3 Å². The first-order chi connectivity index (χ1) is 13.2. The predicted octanol–water partition coefficient (Wildman–Crippen LogP) is 5.02. The maximum Gasteiger partial charge on any atom is 0.192 e. The summed E-state index contributed by atoms with van der Waals surface area (Å²) < 4.78 is 29.0. The van der Waals surface area contributed by atoms with Gasteiger partial charge in [0.05, 0.1) is 6.54 Å². The van der Waals surface area contributed by atoms with Crippen LogP contribution in [0.1, 0.15) is 10.4 Å². The van der Waals surface area contributed by atoms with Crippen LogP contribution in [0.5, 0.6) is 0 Å². The molecule has 3 heterocycles. The summed E-state index contributed by atoms with van der Waals surface area (Å²) in [6.45, 7) is 0.602. The molecule has 8 heteroatoms. The molecule has 0 spiro atoms. The third kappa shape index (κ3) is 4.06. The van der Waals surface area contributed by atoms with Gasteiger partial charge in [-0.05, 0) is 35.2 Å². The smallest absolute Gasteiger partial charge is 0.192 e. The molecule has 27 heavy (non-hydrogen) atoms. The molecule has 136 valence electrons. The normalized spacial score (nSPS) is 11.0. The molecule has 0 amide bonds. The molecule has 4 nitrogen and oxygen atoms in total. The Morgan fingerprint density at radius 2 is 1.96 bits per heavy atom. The van der Waals surface area contributed by atoms with Crippen molar-refractivity contribution in [3.63, 3.8) is 0 Å². The summed E-state index contributed by atoms with van der Waals surface area (Å²) >= 11 is 3.01. The molecule has 0 bridgehead atoms. The van der Waals surface area contributed by atoms with E-state index in [-0.39, 0.29) is 0 Å². The Kier molecular flexibility index (Phi) is 5.26. The predicted molar refractivity (Wildman–Crippen MR) is 103 cm³/mol. The lowest BCUT2D eigenvalue weighted by Crippen LogP contribution is -2.04. The Morgan fingerprint density at radius 1 is 1.04 bits per heavy atom. The number of rotatable bonds is 6. The number of pyridine rings is 1. The maximum absolute atomic E-state index is 13.9. The average Bonchev–Trinajstić information content (AvgIpc) is 3.32. The van der Waals surface area contributed by atoms with Crippen molar-refractivity contribution < 1.29 is 8.78 Å². The van der Waals surface area contributed by atoms with E-state index in [0.29, 0.717) is 28.8 Å². The SMILES string of the molecule is Fc1ccc(CSc2nnc(-c3ccccn3)n2Cc2cccs2)c(F)c1. The van der Waals surface area contributed by atoms with Gasteiger partial charge in [0.2, 0.25) is 0 Å². The first-order valence-electron chi connectivity index (χ1n) is 8.14. The lowest BCUT2D eigenvalue weighted by atomic mass is 10.2. The lowest BCUT2D eigenvalue weighted by Gasteiger charge is -2.09. The number of hydrogen-bond donors (Lipinski definition) is 0. The molecule has 0 saturated carbocycles. The number of thioether (sulfide) groups is 1. The number of halogens is 2. The minimum absolute atomic E-state index is 0.330. The Labute approximate surface area is 162 Å². The van der Waals surface area contributed by atoms with Crippen LogP contribution in [0.25, 0.3) is 11.5 Å². The first-order valence-corrected chi connectivity index (χ1v) is 10.0. The van der Waals surface area contributed by atoms with Crippen molar-refractivity contribution in [2.75, 3.05) is 0 Å². The summed E-state index contributed by atoms with van der Waals surface area (Å²) in [6.07, 6.45) is 1.71. The minimum Gasteiger partial charge on any atom is -0.295 e. The van der Waals surface area contributed by atoms with Gasteiger partial charge in [0, 0.05) is 22.9 Å². The van der Waals surface area contributed by atoms with Gasteiger partial charge in [-0.2, -0.15) is 0 Å². The van der Waals surface area contributed by atoms with Crippen LogP contribution in [0, 0.1) is 11.6 Å². The summed E-state index contributed by atoms with van der Waals surface area (Å²) in [5.41, 5.74) is 1.15. The molecule has 0 aliphatic carbocycles. The van der Waals surface area contributed by atoms with Gasteiger partial charge >= 0.3 is 0 Å². The molecule has 0 N–H and O–H groups in total. The Hall–Kier alpha value is -2.58. The van der Waals surface area contributed by atoms with Gasteiger partial charge in [-0.1, -0.05) is 30.0 Å². The van der Waals surface area contributed by atoms with E-state index in [1.807, 2.05) is 40.3 Å². The highest BCUT2D eigenvalue weighted by Gasteiger charge is 2.17. The van der Waals surface area contributed by atoms with E-state index in [1.165, 1.54) is 23.9 Å². The van der Waals surface area contributed by atoms with E-state index in [0.717, 1.165) is 16.6 Å². The summed E-state index contributed by atoms with van der Waals surface area (Å²) in [6, 6.07) is 13.3. The summed E-state index contributed by atoms with van der Waals surface area (Å²) in [4.78, 5) is 5.52. The second-order valence-electron chi connectivity index (χ2n) is 5.71. The van der Waals surface area contributed by atoms with Crippen molar-refractivity contribution >= 4 is 23.1 Å². The molecular weight excluding hydrogens is 386 g/mol. The first kappa shape index (κ1) is 17.8. The van der Waals surface area contributed by atoms with Crippen LogP contribution >= 0.6 is 23.1 Å². The molecular formula is C19H14F2N4S2. The molecule has 0 unspecified atom stereocenters. The zero-order chi connectivity index (χ0) is 18.6. The highest BCUT2D eigenvalue weighted by molar-refractivity contribution is 7.98. The van der Waals surface area contributed by atoms with Crippen molar-refractivity contribution in [1.29, 1.82) is 0 Å². The standard InChI is InChI=1S/C19H14F2N4S2/c20-14-7-6-13(16(21)10-14)12-27-19-24-23-18(17-5-1-2-8-22-17)25(19)11-15-4-3-9-26-15/h1-10H,11-12H2. The molecule has 0 aliphatic rings. The Morgan fingerprint density at radius 3 is 2.70 bits per heavy atom. The minimum atomic E-state index is -0.584. The van der Waals surface area contributed by atoms with Crippen LogP contribution in [-0.2, 0) is 12.3 Å². The van der Waals surface area contributed by atoms with Crippen LogP contribution in [0.4, 0.5) is 8.78 Å². The van der Waals surface area contributed by atoms with Crippen LogP contribution in [0.2, 0.25) is 0 Å². The van der Waals surface area contributed by atoms with Crippen molar-refractivity contribution in [1.82, 2.24) is 19.7 Å². The fourth-order valence-electron chi connectivity index (χ4n) is 2.56. The molecule has 0 radical (unpaired) electrons. The molecule has 4 rings (SSSR count). The van der Waals surface area contributed by atoms with Crippen molar-refractivity contribution in [3.05, 3.63) is 82.2 Å². The van der Waals surface area contributed by atoms with Crippen LogP contribution in [0.15, 0.2) is 65.3 Å². The van der Waals surface area contributed by atoms with E-state index in [1.54, 1.807) is 17.5 Å². The molecule has 0 saturated heterocycles. The fraction of sp³-hybridized carbons (Fsp3) is 0.105. The Balaban J connectivity index is 1.64. The van der Waals surface area contributed by atoms with Gasteiger partial charge < -0.3 is 0 Å². The number of nitrogens with zero attached hydrogens (tertiary/aromatic N) is 4. The second kappa shape index (κ2) is 7.98. The van der Waals surface area contributed by atoms with Gasteiger partial charge in [0.25, 0.3) is 0 Å². The molecule has 3 aromatic heterocycles. The number of thiophene rings is 1. The van der Waals surface area contributed by atoms with E-state index in [4.69, 9.17) is 0 Å². The average molecular weight is 400 g/mol. The summed E-state index contributed by atoms with van der Waals surface area (Å²) in [5, 5.41) is 11.3. The van der Waals surface area contributed by atoms with Crippen LogP contribution in [-0.4, -0.2) is 19.7 Å². The van der Waals surface area contributed by atoms with E-state index in [2.05, 4.69) is 15.2 Å². The van der Waals surface area contributed by atoms with Gasteiger partial charge in [-0.25, -0.2) is 8.78 Å². The number of benzene rings is 1.